The van der Waals surface area contributed by atoms with Crippen molar-refractivity contribution < 1.29 is 4.79 Å². The van der Waals surface area contributed by atoms with E-state index in [0.717, 1.165) is 35.4 Å². The maximum absolute atomic E-state index is 12.6. The molecule has 1 amide bonds. The highest BCUT2D eigenvalue weighted by Gasteiger charge is 2.16. The Morgan fingerprint density at radius 3 is 2.71 bits per heavy atom. The zero-order chi connectivity index (χ0) is 15.2. The molecule has 1 N–H and O–H groups in total. The maximum atomic E-state index is 12.6. The van der Waals surface area contributed by atoms with Gasteiger partial charge >= 0.3 is 0 Å². The molecule has 1 aromatic heterocycles. The molecule has 0 saturated carbocycles. The third-order valence-corrected chi connectivity index (χ3v) is 3.94. The van der Waals surface area contributed by atoms with Gasteiger partial charge in [0.15, 0.2) is 0 Å². The van der Waals surface area contributed by atoms with Crippen LogP contribution in [0.3, 0.4) is 0 Å². The molecule has 0 radical (unpaired) electrons. The molecule has 2 aromatic rings. The second-order valence-corrected chi connectivity index (χ2v) is 5.80. The van der Waals surface area contributed by atoms with Gasteiger partial charge in [0.2, 0.25) is 0 Å². The summed E-state index contributed by atoms with van der Waals surface area (Å²) in [6, 6.07) is 7.90. The van der Waals surface area contributed by atoms with Crippen LogP contribution < -0.4 is 5.32 Å². The van der Waals surface area contributed by atoms with Crippen molar-refractivity contribution >= 4 is 34.3 Å². The van der Waals surface area contributed by atoms with Crippen molar-refractivity contribution in [3.63, 3.8) is 0 Å². The van der Waals surface area contributed by atoms with E-state index in [4.69, 9.17) is 0 Å². The topological polar surface area (TPSA) is 45.2 Å². The van der Waals surface area contributed by atoms with Crippen molar-refractivity contribution in [2.24, 2.45) is 0 Å². The standard InChI is InChI=1S/C16H21N3OS/c1-4-17-15-13-8-6-5-7-12(13)14(11-18-15)16(20)19(2)9-10-21-3/h5-8,11H,4,9-10H2,1-3H3,(H,17,18). The van der Waals surface area contributed by atoms with E-state index in [2.05, 4.69) is 10.3 Å². The number of thioether (sulfide) groups is 1. The average molecular weight is 303 g/mol. The Hall–Kier alpha value is -1.75. The highest BCUT2D eigenvalue weighted by molar-refractivity contribution is 7.98. The van der Waals surface area contributed by atoms with Crippen LogP contribution in [0.4, 0.5) is 5.82 Å². The maximum Gasteiger partial charge on any atom is 0.255 e. The molecule has 0 atom stereocenters. The summed E-state index contributed by atoms with van der Waals surface area (Å²) < 4.78 is 0. The summed E-state index contributed by atoms with van der Waals surface area (Å²) in [5, 5.41) is 5.18. The number of pyridine rings is 1. The van der Waals surface area contributed by atoms with Crippen molar-refractivity contribution in [2.45, 2.75) is 6.92 Å². The van der Waals surface area contributed by atoms with E-state index in [-0.39, 0.29) is 5.91 Å². The molecular formula is C16H21N3OS. The summed E-state index contributed by atoms with van der Waals surface area (Å²) in [4.78, 5) is 18.8. The smallest absolute Gasteiger partial charge is 0.255 e. The number of benzene rings is 1. The lowest BCUT2D eigenvalue weighted by atomic mass is 10.1. The number of anilines is 1. The normalized spacial score (nSPS) is 10.6. The van der Waals surface area contributed by atoms with Gasteiger partial charge in [0.1, 0.15) is 5.82 Å². The van der Waals surface area contributed by atoms with Gasteiger partial charge in [0.05, 0.1) is 5.56 Å². The number of hydrogen-bond donors (Lipinski definition) is 1. The summed E-state index contributed by atoms with van der Waals surface area (Å²) in [5.41, 5.74) is 0.663. The first-order valence-electron chi connectivity index (χ1n) is 7.05. The molecule has 1 heterocycles. The van der Waals surface area contributed by atoms with Gasteiger partial charge in [-0.25, -0.2) is 4.98 Å². The van der Waals surface area contributed by atoms with E-state index in [1.54, 1.807) is 22.9 Å². The SMILES string of the molecule is CCNc1ncc(C(=O)N(C)CCSC)c2ccccc12. The number of hydrogen-bond acceptors (Lipinski definition) is 4. The fourth-order valence-corrected chi connectivity index (χ4v) is 2.66. The zero-order valence-corrected chi connectivity index (χ0v) is 13.5. The second-order valence-electron chi connectivity index (χ2n) is 4.82. The Morgan fingerprint density at radius 1 is 1.33 bits per heavy atom. The molecule has 0 bridgehead atoms. The molecule has 2 rings (SSSR count). The Labute approximate surface area is 129 Å². The van der Waals surface area contributed by atoms with Crippen molar-refractivity contribution in [3.8, 4) is 0 Å². The van der Waals surface area contributed by atoms with E-state index in [0.29, 0.717) is 5.56 Å². The van der Waals surface area contributed by atoms with Crippen LogP contribution in [-0.4, -0.2) is 47.9 Å². The molecule has 0 aliphatic heterocycles. The van der Waals surface area contributed by atoms with E-state index in [1.807, 2.05) is 44.5 Å². The van der Waals surface area contributed by atoms with Gasteiger partial charge in [0.25, 0.3) is 5.91 Å². The number of nitrogens with zero attached hydrogens (tertiary/aromatic N) is 2. The van der Waals surface area contributed by atoms with Crippen LogP contribution in [0.25, 0.3) is 10.8 Å². The van der Waals surface area contributed by atoms with Crippen molar-refractivity contribution in [2.75, 3.05) is 37.5 Å². The molecule has 112 valence electrons. The quantitative estimate of drug-likeness (QED) is 0.890. The number of carbonyl (C=O) groups is 1. The Kier molecular flexibility index (Phi) is 5.44. The molecule has 1 aromatic carbocycles. The first kappa shape index (κ1) is 15.6. The predicted octanol–water partition coefficient (Wildman–Crippen LogP) is 3.10. The van der Waals surface area contributed by atoms with Gasteiger partial charge in [-0.3, -0.25) is 4.79 Å². The van der Waals surface area contributed by atoms with Crippen LogP contribution in [0.5, 0.6) is 0 Å². The molecule has 0 unspecified atom stereocenters. The number of rotatable bonds is 6. The number of carbonyl (C=O) groups excluding carboxylic acids is 1. The van der Waals surface area contributed by atoms with E-state index in [9.17, 15) is 4.79 Å². The lowest BCUT2D eigenvalue weighted by Gasteiger charge is -2.18. The van der Waals surface area contributed by atoms with Crippen LogP contribution in [0.1, 0.15) is 17.3 Å². The van der Waals surface area contributed by atoms with Crippen LogP contribution in [0.2, 0.25) is 0 Å². The third kappa shape index (κ3) is 3.47. The molecule has 0 spiro atoms. The number of amides is 1. The first-order valence-corrected chi connectivity index (χ1v) is 8.44. The highest BCUT2D eigenvalue weighted by atomic mass is 32.2. The first-order chi connectivity index (χ1) is 10.2. The highest BCUT2D eigenvalue weighted by Crippen LogP contribution is 2.25. The minimum absolute atomic E-state index is 0.0239. The summed E-state index contributed by atoms with van der Waals surface area (Å²) in [7, 11) is 1.84. The summed E-state index contributed by atoms with van der Waals surface area (Å²) >= 11 is 1.74. The number of aromatic nitrogens is 1. The lowest BCUT2D eigenvalue weighted by Crippen LogP contribution is -2.29. The van der Waals surface area contributed by atoms with E-state index in [1.165, 1.54) is 0 Å². The number of nitrogens with one attached hydrogen (secondary N) is 1. The van der Waals surface area contributed by atoms with Crippen LogP contribution in [-0.2, 0) is 0 Å². The van der Waals surface area contributed by atoms with Gasteiger partial charge < -0.3 is 10.2 Å². The molecule has 0 aliphatic carbocycles. The Balaban J connectivity index is 2.41. The predicted molar refractivity (Wildman–Crippen MR) is 91.2 cm³/mol. The monoisotopic (exact) mass is 303 g/mol. The molecule has 5 heteroatoms. The van der Waals surface area contributed by atoms with Gasteiger partial charge in [-0.05, 0) is 18.6 Å². The fraction of sp³-hybridized carbons (Fsp3) is 0.375. The molecule has 0 fully saturated rings. The number of fused-ring (bicyclic) bond motifs is 1. The zero-order valence-electron chi connectivity index (χ0n) is 12.7. The van der Waals surface area contributed by atoms with Crippen molar-refractivity contribution in [3.05, 3.63) is 36.0 Å². The van der Waals surface area contributed by atoms with Gasteiger partial charge in [-0.1, -0.05) is 24.3 Å². The molecule has 4 nitrogen and oxygen atoms in total. The van der Waals surface area contributed by atoms with E-state index >= 15 is 0 Å². The Bertz CT molecular complexity index is 630. The van der Waals surface area contributed by atoms with Crippen molar-refractivity contribution in [1.29, 1.82) is 0 Å². The van der Waals surface area contributed by atoms with E-state index < -0.39 is 0 Å². The van der Waals surface area contributed by atoms with Crippen LogP contribution in [0.15, 0.2) is 30.5 Å². The van der Waals surface area contributed by atoms with Crippen LogP contribution >= 0.6 is 11.8 Å². The van der Waals surface area contributed by atoms with Crippen LogP contribution in [0, 0.1) is 0 Å². The van der Waals surface area contributed by atoms with Gasteiger partial charge in [0, 0.05) is 37.5 Å². The largest absolute Gasteiger partial charge is 0.370 e. The van der Waals surface area contributed by atoms with Crippen molar-refractivity contribution in [1.82, 2.24) is 9.88 Å². The minimum Gasteiger partial charge on any atom is -0.370 e. The van der Waals surface area contributed by atoms with Gasteiger partial charge in [-0.2, -0.15) is 11.8 Å². The fourth-order valence-electron chi connectivity index (χ4n) is 2.21. The summed E-state index contributed by atoms with van der Waals surface area (Å²) in [5.74, 6) is 1.79. The third-order valence-electron chi connectivity index (χ3n) is 3.35. The average Bonchev–Trinajstić information content (AvgIpc) is 2.52. The lowest BCUT2D eigenvalue weighted by molar-refractivity contribution is 0.0805. The second kappa shape index (κ2) is 7.31. The summed E-state index contributed by atoms with van der Waals surface area (Å²) in [6.45, 7) is 3.58. The molecule has 0 saturated heterocycles. The summed E-state index contributed by atoms with van der Waals surface area (Å²) in [6.07, 6.45) is 3.72. The Morgan fingerprint density at radius 2 is 2.05 bits per heavy atom. The van der Waals surface area contributed by atoms with Gasteiger partial charge in [-0.15, -0.1) is 0 Å². The molecular weight excluding hydrogens is 282 g/mol. The molecule has 0 aliphatic rings. The minimum atomic E-state index is 0.0239. The molecule has 21 heavy (non-hydrogen) atoms.